The van der Waals surface area contributed by atoms with Gasteiger partial charge in [-0.3, -0.25) is 0 Å². The monoisotopic (exact) mass is 153 g/mol. The minimum absolute atomic E-state index is 0.214. The Balaban J connectivity index is 2.97. The Kier molecular flexibility index (Phi) is 1.74. The van der Waals surface area contributed by atoms with Gasteiger partial charge in [-0.05, 0) is 27.7 Å². The molecule has 0 aromatic heterocycles. The summed E-state index contributed by atoms with van der Waals surface area (Å²) in [5.41, 5.74) is -0.615. The van der Waals surface area contributed by atoms with Gasteiger partial charge in [0.05, 0.1) is 5.54 Å². The van der Waals surface area contributed by atoms with Crippen LogP contribution in [0.4, 0.5) is 0 Å². The van der Waals surface area contributed by atoms with Crippen LogP contribution in [0, 0.1) is 11.8 Å². The van der Waals surface area contributed by atoms with E-state index < -0.39 is 5.54 Å². The molecular weight excluding hydrogens is 138 g/mol. The summed E-state index contributed by atoms with van der Waals surface area (Å²) >= 11 is 0. The lowest BCUT2D eigenvalue weighted by atomic mass is 9.90. The summed E-state index contributed by atoms with van der Waals surface area (Å²) in [6, 6.07) is 0. The first-order valence-corrected chi connectivity index (χ1v) is 3.85. The second-order valence-corrected chi connectivity index (χ2v) is 4.16. The Labute approximate surface area is 68.2 Å². The highest BCUT2D eigenvalue weighted by atomic mass is 16.5. The fourth-order valence-corrected chi connectivity index (χ4v) is 1.36. The normalized spacial score (nSPS) is 27.4. The largest absolute Gasteiger partial charge is 0.312 e. The lowest BCUT2D eigenvalue weighted by Gasteiger charge is -2.42. The molecule has 0 radical (unpaired) electrons. The average Bonchev–Trinajstić information content (AvgIpc) is 1.82. The van der Waals surface area contributed by atoms with Crippen molar-refractivity contribution in [3.8, 4) is 11.8 Å². The minimum atomic E-state index is -0.401. The van der Waals surface area contributed by atoms with Crippen molar-refractivity contribution in [1.82, 2.24) is 5.06 Å². The van der Waals surface area contributed by atoms with Crippen LogP contribution in [-0.4, -0.2) is 21.3 Å². The molecule has 11 heavy (non-hydrogen) atoms. The van der Waals surface area contributed by atoms with Crippen molar-refractivity contribution in [2.45, 2.75) is 45.2 Å². The molecule has 1 aliphatic heterocycles. The van der Waals surface area contributed by atoms with Gasteiger partial charge in [0.1, 0.15) is 5.54 Å². The summed E-state index contributed by atoms with van der Waals surface area (Å²) in [4.78, 5) is 0. The van der Waals surface area contributed by atoms with E-state index in [-0.39, 0.29) is 5.54 Å². The standard InChI is InChI=1S/C9H15NO/c1-8(2)6-5-7-9(3,4)10(8)11/h11H,6H2,1-4H3. The lowest BCUT2D eigenvalue weighted by Crippen LogP contribution is -2.54. The Morgan fingerprint density at radius 2 is 1.82 bits per heavy atom. The molecule has 2 heteroatoms. The molecule has 1 rings (SSSR count). The fourth-order valence-electron chi connectivity index (χ4n) is 1.36. The number of hydrogen-bond acceptors (Lipinski definition) is 2. The Morgan fingerprint density at radius 1 is 1.27 bits per heavy atom. The van der Waals surface area contributed by atoms with Crippen LogP contribution >= 0.6 is 0 Å². The summed E-state index contributed by atoms with van der Waals surface area (Å²) in [5.74, 6) is 6.03. The third kappa shape index (κ3) is 1.40. The molecule has 0 bridgehead atoms. The van der Waals surface area contributed by atoms with Crippen LogP contribution < -0.4 is 0 Å². The summed E-state index contributed by atoms with van der Waals surface area (Å²) in [6.07, 6.45) is 0.729. The van der Waals surface area contributed by atoms with Gasteiger partial charge in [-0.1, -0.05) is 11.8 Å². The second-order valence-electron chi connectivity index (χ2n) is 4.16. The summed E-state index contributed by atoms with van der Waals surface area (Å²) < 4.78 is 0. The predicted molar refractivity (Wildman–Crippen MR) is 44.2 cm³/mol. The van der Waals surface area contributed by atoms with Crippen molar-refractivity contribution < 1.29 is 5.21 Å². The highest BCUT2D eigenvalue weighted by Gasteiger charge is 2.37. The van der Waals surface area contributed by atoms with Crippen molar-refractivity contribution in [2.24, 2.45) is 0 Å². The van der Waals surface area contributed by atoms with E-state index in [1.165, 1.54) is 5.06 Å². The van der Waals surface area contributed by atoms with Crippen molar-refractivity contribution >= 4 is 0 Å². The molecule has 0 spiro atoms. The molecule has 0 saturated carbocycles. The summed E-state index contributed by atoms with van der Waals surface area (Å²) in [5, 5.41) is 11.0. The van der Waals surface area contributed by atoms with Crippen LogP contribution in [0.3, 0.4) is 0 Å². The number of rotatable bonds is 0. The van der Waals surface area contributed by atoms with E-state index >= 15 is 0 Å². The van der Waals surface area contributed by atoms with Gasteiger partial charge in [0.15, 0.2) is 0 Å². The molecule has 0 aromatic rings. The Hall–Kier alpha value is -0.520. The Morgan fingerprint density at radius 3 is 2.18 bits per heavy atom. The maximum atomic E-state index is 9.70. The quantitative estimate of drug-likeness (QED) is 0.535. The number of hydroxylamine groups is 2. The lowest BCUT2D eigenvalue weighted by molar-refractivity contribution is -0.207. The van der Waals surface area contributed by atoms with E-state index in [4.69, 9.17) is 0 Å². The van der Waals surface area contributed by atoms with Gasteiger partial charge in [0, 0.05) is 6.42 Å². The molecule has 2 nitrogen and oxygen atoms in total. The average molecular weight is 153 g/mol. The van der Waals surface area contributed by atoms with E-state index in [1.807, 2.05) is 27.7 Å². The van der Waals surface area contributed by atoms with Gasteiger partial charge in [0.25, 0.3) is 0 Å². The zero-order valence-electron chi connectivity index (χ0n) is 7.60. The Bertz CT molecular complexity index is 219. The third-order valence-corrected chi connectivity index (χ3v) is 2.02. The SMILES string of the molecule is CC1(C)C#CCC(C)(C)N1O. The van der Waals surface area contributed by atoms with Gasteiger partial charge in [0.2, 0.25) is 0 Å². The first-order chi connectivity index (χ1) is 4.86. The van der Waals surface area contributed by atoms with Crippen molar-refractivity contribution in [2.75, 3.05) is 0 Å². The molecule has 0 fully saturated rings. The van der Waals surface area contributed by atoms with E-state index in [0.29, 0.717) is 0 Å². The van der Waals surface area contributed by atoms with Crippen LogP contribution in [0.15, 0.2) is 0 Å². The van der Waals surface area contributed by atoms with E-state index in [2.05, 4.69) is 11.8 Å². The fraction of sp³-hybridized carbons (Fsp3) is 0.778. The molecule has 0 saturated heterocycles. The van der Waals surface area contributed by atoms with E-state index in [0.717, 1.165) is 6.42 Å². The van der Waals surface area contributed by atoms with Gasteiger partial charge in [-0.25, -0.2) is 0 Å². The van der Waals surface area contributed by atoms with Gasteiger partial charge in [-0.2, -0.15) is 5.06 Å². The molecule has 1 N–H and O–H groups in total. The van der Waals surface area contributed by atoms with Gasteiger partial charge in [-0.15, -0.1) is 0 Å². The van der Waals surface area contributed by atoms with Crippen molar-refractivity contribution in [3.63, 3.8) is 0 Å². The van der Waals surface area contributed by atoms with Crippen molar-refractivity contribution in [1.29, 1.82) is 0 Å². The molecule has 0 unspecified atom stereocenters. The number of nitrogens with zero attached hydrogens (tertiary/aromatic N) is 1. The molecule has 0 aliphatic carbocycles. The molecular formula is C9H15NO. The smallest absolute Gasteiger partial charge is 0.101 e. The van der Waals surface area contributed by atoms with Gasteiger partial charge >= 0.3 is 0 Å². The first-order valence-electron chi connectivity index (χ1n) is 3.85. The summed E-state index contributed by atoms with van der Waals surface area (Å²) in [6.45, 7) is 7.81. The predicted octanol–water partition coefficient (Wildman–Crippen LogP) is 1.64. The van der Waals surface area contributed by atoms with Crippen LogP contribution in [0.25, 0.3) is 0 Å². The van der Waals surface area contributed by atoms with Crippen molar-refractivity contribution in [3.05, 3.63) is 0 Å². The highest BCUT2D eigenvalue weighted by molar-refractivity contribution is 5.21. The minimum Gasteiger partial charge on any atom is -0.312 e. The summed E-state index contributed by atoms with van der Waals surface area (Å²) in [7, 11) is 0. The maximum absolute atomic E-state index is 9.70. The van der Waals surface area contributed by atoms with Crippen LogP contribution in [0.5, 0.6) is 0 Å². The first kappa shape index (κ1) is 8.58. The zero-order chi connectivity index (χ0) is 8.70. The molecule has 0 aromatic carbocycles. The highest BCUT2D eigenvalue weighted by Crippen LogP contribution is 2.27. The maximum Gasteiger partial charge on any atom is 0.101 e. The number of hydrogen-bond donors (Lipinski definition) is 1. The molecule has 0 atom stereocenters. The van der Waals surface area contributed by atoms with Crippen LogP contribution in [0.2, 0.25) is 0 Å². The second kappa shape index (κ2) is 2.23. The molecule has 0 amide bonds. The van der Waals surface area contributed by atoms with E-state index in [9.17, 15) is 5.21 Å². The zero-order valence-corrected chi connectivity index (χ0v) is 7.60. The van der Waals surface area contributed by atoms with Crippen LogP contribution in [0.1, 0.15) is 34.1 Å². The van der Waals surface area contributed by atoms with E-state index in [1.54, 1.807) is 0 Å². The molecule has 1 aliphatic rings. The molecule has 1 heterocycles. The topological polar surface area (TPSA) is 23.5 Å². The third-order valence-electron chi connectivity index (χ3n) is 2.02. The molecule has 62 valence electrons. The van der Waals surface area contributed by atoms with Gasteiger partial charge < -0.3 is 5.21 Å². The van der Waals surface area contributed by atoms with Crippen LogP contribution in [-0.2, 0) is 0 Å².